The standard InChI is InChI=1S/C36H50N2/c1-11-15-20-27(7)31(18-12-2)33-21-16-17-22-34(33)32(19-13-3)28(8)23-24-29(9)35-25-38(14-4)36(37-35)30(10)26(5)6/h11-13,16-19,21-22,26,30,35-37H,1-3,7-9,14-15,20,23-25H2,4-6,10H3. The molecule has 0 aliphatic carbocycles. The molecule has 1 fully saturated rings. The Morgan fingerprint density at radius 1 is 0.921 bits per heavy atom. The summed E-state index contributed by atoms with van der Waals surface area (Å²) < 4.78 is 0. The van der Waals surface area contributed by atoms with Crippen molar-refractivity contribution in [3.05, 3.63) is 122 Å². The van der Waals surface area contributed by atoms with Gasteiger partial charge in [-0.15, -0.1) is 6.58 Å². The van der Waals surface area contributed by atoms with Crippen LogP contribution in [0.5, 0.6) is 0 Å². The molecule has 0 saturated carbocycles. The maximum Gasteiger partial charge on any atom is 0.0631 e. The average Bonchev–Trinajstić information content (AvgIpc) is 3.36. The van der Waals surface area contributed by atoms with Crippen LogP contribution in [0.15, 0.2) is 111 Å². The van der Waals surface area contributed by atoms with Crippen LogP contribution in [0, 0.1) is 11.8 Å². The van der Waals surface area contributed by atoms with Crippen LogP contribution in [-0.4, -0.2) is 30.2 Å². The van der Waals surface area contributed by atoms with Crippen molar-refractivity contribution in [3.8, 4) is 0 Å². The van der Waals surface area contributed by atoms with Crippen molar-refractivity contribution in [2.45, 2.75) is 65.6 Å². The molecular formula is C36H50N2. The molecule has 204 valence electrons. The molecule has 1 saturated heterocycles. The first-order chi connectivity index (χ1) is 18.2. The summed E-state index contributed by atoms with van der Waals surface area (Å²) in [4.78, 5) is 2.56. The Morgan fingerprint density at radius 2 is 1.47 bits per heavy atom. The van der Waals surface area contributed by atoms with E-state index in [0.29, 0.717) is 24.0 Å². The Balaban J connectivity index is 2.24. The molecule has 0 bridgehead atoms. The average molecular weight is 511 g/mol. The molecule has 0 aromatic heterocycles. The lowest BCUT2D eigenvalue weighted by Crippen LogP contribution is -2.43. The summed E-state index contributed by atoms with van der Waals surface area (Å²) in [6, 6.07) is 8.79. The first-order valence-corrected chi connectivity index (χ1v) is 14.1. The second-order valence-corrected chi connectivity index (χ2v) is 10.7. The van der Waals surface area contributed by atoms with Gasteiger partial charge >= 0.3 is 0 Å². The summed E-state index contributed by atoms with van der Waals surface area (Å²) in [6.07, 6.45) is 13.7. The van der Waals surface area contributed by atoms with Crippen molar-refractivity contribution in [2.75, 3.05) is 13.1 Å². The highest BCUT2D eigenvalue weighted by Crippen LogP contribution is 2.36. The van der Waals surface area contributed by atoms with Gasteiger partial charge in [0.1, 0.15) is 0 Å². The Bertz CT molecular complexity index is 1080. The van der Waals surface area contributed by atoms with Crippen LogP contribution in [0.4, 0.5) is 0 Å². The van der Waals surface area contributed by atoms with Gasteiger partial charge < -0.3 is 0 Å². The van der Waals surface area contributed by atoms with E-state index in [4.69, 9.17) is 0 Å². The minimum absolute atomic E-state index is 0.309. The fourth-order valence-electron chi connectivity index (χ4n) is 5.15. The molecule has 38 heavy (non-hydrogen) atoms. The van der Waals surface area contributed by atoms with Gasteiger partial charge in [-0.1, -0.05) is 121 Å². The van der Waals surface area contributed by atoms with Gasteiger partial charge in [-0.2, -0.15) is 0 Å². The predicted molar refractivity (Wildman–Crippen MR) is 171 cm³/mol. The second kappa shape index (κ2) is 15.5. The van der Waals surface area contributed by atoms with Gasteiger partial charge in [0.25, 0.3) is 0 Å². The quantitative estimate of drug-likeness (QED) is 0.176. The van der Waals surface area contributed by atoms with Crippen LogP contribution >= 0.6 is 0 Å². The number of benzene rings is 1. The Labute approximate surface area is 233 Å². The highest BCUT2D eigenvalue weighted by Gasteiger charge is 2.35. The van der Waals surface area contributed by atoms with E-state index >= 15 is 0 Å². The fraction of sp³-hybridized carbons (Fsp3) is 0.389. The lowest BCUT2D eigenvalue weighted by molar-refractivity contribution is 0.160. The van der Waals surface area contributed by atoms with Crippen molar-refractivity contribution >= 4 is 11.1 Å². The minimum Gasteiger partial charge on any atom is -0.294 e. The van der Waals surface area contributed by atoms with Crippen LogP contribution in [0.25, 0.3) is 11.1 Å². The molecule has 2 heteroatoms. The van der Waals surface area contributed by atoms with Gasteiger partial charge in [0, 0.05) is 12.6 Å². The van der Waals surface area contributed by atoms with Crippen molar-refractivity contribution in [1.29, 1.82) is 0 Å². The number of hydrogen-bond donors (Lipinski definition) is 1. The highest BCUT2D eigenvalue weighted by molar-refractivity contribution is 5.91. The van der Waals surface area contributed by atoms with Crippen LogP contribution in [0.3, 0.4) is 0 Å². The predicted octanol–water partition coefficient (Wildman–Crippen LogP) is 9.15. The molecule has 1 N–H and O–H groups in total. The highest BCUT2D eigenvalue weighted by atomic mass is 15.3. The van der Waals surface area contributed by atoms with Crippen molar-refractivity contribution in [1.82, 2.24) is 10.2 Å². The molecule has 1 aliphatic rings. The SMILES string of the molecule is C=CC=C(C(=C)CCC=C)c1ccccc1C(=CC=C)C(=C)CCC(=C)C1CN(CC)C(C(C)C(C)C)N1. The minimum atomic E-state index is 0.309. The zero-order valence-electron chi connectivity index (χ0n) is 24.4. The lowest BCUT2D eigenvalue weighted by Gasteiger charge is -2.30. The zero-order valence-corrected chi connectivity index (χ0v) is 24.4. The van der Waals surface area contributed by atoms with E-state index in [-0.39, 0.29) is 0 Å². The molecule has 2 nitrogen and oxygen atoms in total. The lowest BCUT2D eigenvalue weighted by atomic mass is 9.85. The summed E-state index contributed by atoms with van der Waals surface area (Å²) in [6.45, 7) is 36.5. The van der Waals surface area contributed by atoms with Gasteiger partial charge in [-0.3, -0.25) is 10.2 Å². The van der Waals surface area contributed by atoms with Gasteiger partial charge in [0.2, 0.25) is 0 Å². The summed E-state index contributed by atoms with van der Waals surface area (Å²) >= 11 is 0. The zero-order chi connectivity index (χ0) is 28.2. The topological polar surface area (TPSA) is 15.3 Å². The summed E-state index contributed by atoms with van der Waals surface area (Å²) in [5.74, 6) is 1.22. The van der Waals surface area contributed by atoms with E-state index < -0.39 is 0 Å². The van der Waals surface area contributed by atoms with Crippen LogP contribution in [0.1, 0.15) is 64.5 Å². The smallest absolute Gasteiger partial charge is 0.0631 e. The van der Waals surface area contributed by atoms with E-state index in [0.717, 1.165) is 72.2 Å². The Morgan fingerprint density at radius 3 is 1.95 bits per heavy atom. The number of hydrogen-bond acceptors (Lipinski definition) is 2. The van der Waals surface area contributed by atoms with Gasteiger partial charge in [0.15, 0.2) is 0 Å². The number of likely N-dealkylation sites (N-methyl/N-ethyl adjacent to an activating group) is 1. The van der Waals surface area contributed by atoms with Crippen molar-refractivity contribution in [3.63, 3.8) is 0 Å². The third-order valence-corrected chi connectivity index (χ3v) is 7.87. The normalized spacial score (nSPS) is 19.3. The molecule has 1 heterocycles. The number of rotatable bonds is 16. The molecule has 0 spiro atoms. The monoisotopic (exact) mass is 510 g/mol. The maximum atomic E-state index is 4.52. The van der Waals surface area contributed by atoms with Crippen molar-refractivity contribution in [2.24, 2.45) is 11.8 Å². The van der Waals surface area contributed by atoms with Gasteiger partial charge in [-0.05, 0) is 77.5 Å². The first kappa shape index (κ1) is 31.3. The molecule has 1 aromatic carbocycles. The second-order valence-electron chi connectivity index (χ2n) is 10.7. The summed E-state index contributed by atoms with van der Waals surface area (Å²) in [7, 11) is 0. The molecule has 0 radical (unpaired) electrons. The van der Waals surface area contributed by atoms with E-state index in [1.807, 2.05) is 18.2 Å². The van der Waals surface area contributed by atoms with Crippen LogP contribution in [-0.2, 0) is 0 Å². The van der Waals surface area contributed by atoms with Gasteiger partial charge in [-0.25, -0.2) is 0 Å². The van der Waals surface area contributed by atoms with E-state index in [1.54, 1.807) is 0 Å². The maximum absolute atomic E-state index is 4.52. The molecule has 2 rings (SSSR count). The van der Waals surface area contributed by atoms with Crippen LogP contribution in [0.2, 0.25) is 0 Å². The van der Waals surface area contributed by atoms with E-state index in [1.165, 1.54) is 5.57 Å². The van der Waals surface area contributed by atoms with Crippen LogP contribution < -0.4 is 5.32 Å². The number of nitrogens with one attached hydrogen (secondary N) is 1. The largest absolute Gasteiger partial charge is 0.294 e. The number of nitrogens with zero attached hydrogens (tertiary/aromatic N) is 1. The molecular weight excluding hydrogens is 460 g/mol. The molecule has 1 aliphatic heterocycles. The molecule has 0 amide bonds. The van der Waals surface area contributed by atoms with E-state index in [9.17, 15) is 0 Å². The summed E-state index contributed by atoms with van der Waals surface area (Å²) in [5.41, 5.74) is 7.89. The fourth-order valence-corrected chi connectivity index (χ4v) is 5.15. The Kier molecular flexibility index (Phi) is 12.7. The molecule has 3 unspecified atom stereocenters. The molecule has 3 atom stereocenters. The number of allylic oxidation sites excluding steroid dienone is 9. The molecule has 1 aromatic rings. The van der Waals surface area contributed by atoms with Gasteiger partial charge in [0.05, 0.1) is 6.17 Å². The third-order valence-electron chi connectivity index (χ3n) is 7.87. The summed E-state index contributed by atoms with van der Waals surface area (Å²) in [5, 5.41) is 3.88. The van der Waals surface area contributed by atoms with Crippen molar-refractivity contribution < 1.29 is 0 Å². The van der Waals surface area contributed by atoms with E-state index in [2.05, 4.69) is 114 Å². The third kappa shape index (κ3) is 8.03. The Hall–Kier alpha value is -2.94. The first-order valence-electron chi connectivity index (χ1n) is 14.1.